The van der Waals surface area contributed by atoms with Gasteiger partial charge in [-0.1, -0.05) is 36.4 Å². The SMILES string of the molecule is O=C(O)c1cccc(COc2ccc(/C=C3/SC(=O)N(Cc4cccc([N+](=O)[O-])c4)C3=O)cc2)c1. The summed E-state index contributed by atoms with van der Waals surface area (Å²) in [5.41, 5.74) is 1.96. The Labute approximate surface area is 203 Å². The third-order valence-corrected chi connectivity index (χ3v) is 6.00. The molecule has 3 aromatic carbocycles. The number of carboxylic acid groups (broad SMARTS) is 1. The molecular weight excluding hydrogens is 472 g/mol. The van der Waals surface area contributed by atoms with E-state index >= 15 is 0 Å². The number of benzene rings is 3. The van der Waals surface area contributed by atoms with Crippen LogP contribution >= 0.6 is 11.8 Å². The molecule has 1 saturated heterocycles. The Morgan fingerprint density at radius 2 is 1.74 bits per heavy atom. The molecule has 0 saturated carbocycles. The van der Waals surface area contributed by atoms with Gasteiger partial charge in [0.1, 0.15) is 12.4 Å². The summed E-state index contributed by atoms with van der Waals surface area (Å²) in [6, 6.07) is 19.2. The largest absolute Gasteiger partial charge is 0.489 e. The van der Waals surface area contributed by atoms with Gasteiger partial charge >= 0.3 is 5.97 Å². The Morgan fingerprint density at radius 1 is 1.03 bits per heavy atom. The number of imide groups is 1. The summed E-state index contributed by atoms with van der Waals surface area (Å²) in [6.45, 7) is 0.135. The molecule has 1 fully saturated rings. The fourth-order valence-electron chi connectivity index (χ4n) is 3.36. The van der Waals surface area contributed by atoms with E-state index < -0.39 is 22.0 Å². The summed E-state index contributed by atoms with van der Waals surface area (Å²) in [5.74, 6) is -0.919. The van der Waals surface area contributed by atoms with E-state index in [9.17, 15) is 24.5 Å². The Balaban J connectivity index is 1.40. The predicted octanol–water partition coefficient (Wildman–Crippen LogP) is 5.11. The van der Waals surface area contributed by atoms with Crippen molar-refractivity contribution in [2.45, 2.75) is 13.2 Å². The lowest BCUT2D eigenvalue weighted by Gasteiger charge is -2.12. The van der Waals surface area contributed by atoms with Gasteiger partial charge in [-0.3, -0.25) is 24.6 Å². The number of nitro benzene ring substituents is 1. The van der Waals surface area contributed by atoms with Crippen LogP contribution in [0.2, 0.25) is 0 Å². The lowest BCUT2D eigenvalue weighted by molar-refractivity contribution is -0.384. The molecule has 10 heteroatoms. The summed E-state index contributed by atoms with van der Waals surface area (Å²) in [5, 5.41) is 19.6. The molecule has 0 spiro atoms. The van der Waals surface area contributed by atoms with Crippen molar-refractivity contribution in [1.82, 2.24) is 4.90 Å². The van der Waals surface area contributed by atoms with Crippen molar-refractivity contribution in [2.24, 2.45) is 0 Å². The number of carbonyl (C=O) groups excluding carboxylic acids is 2. The van der Waals surface area contributed by atoms with Crippen LogP contribution < -0.4 is 4.74 Å². The molecule has 1 aliphatic heterocycles. The highest BCUT2D eigenvalue weighted by atomic mass is 32.2. The fourth-order valence-corrected chi connectivity index (χ4v) is 4.20. The first-order chi connectivity index (χ1) is 16.8. The maximum atomic E-state index is 12.8. The van der Waals surface area contributed by atoms with Gasteiger partial charge in [0.2, 0.25) is 0 Å². The average Bonchev–Trinajstić information content (AvgIpc) is 3.11. The number of non-ortho nitro benzene ring substituents is 1. The summed E-state index contributed by atoms with van der Waals surface area (Å²) in [4.78, 5) is 48.0. The molecule has 0 unspecified atom stereocenters. The quantitative estimate of drug-likeness (QED) is 0.262. The third-order valence-electron chi connectivity index (χ3n) is 5.09. The van der Waals surface area contributed by atoms with Crippen molar-refractivity contribution >= 4 is 40.6 Å². The number of ether oxygens (including phenoxy) is 1. The second-order valence-corrected chi connectivity index (χ2v) is 8.55. The van der Waals surface area contributed by atoms with Gasteiger partial charge < -0.3 is 9.84 Å². The van der Waals surface area contributed by atoms with Crippen LogP contribution in [0.15, 0.2) is 77.7 Å². The highest BCUT2D eigenvalue weighted by Gasteiger charge is 2.35. The molecular formula is C25H18N2O7S. The molecule has 0 atom stereocenters. The van der Waals surface area contributed by atoms with Gasteiger partial charge in [-0.05, 0) is 58.8 Å². The summed E-state index contributed by atoms with van der Waals surface area (Å²) < 4.78 is 5.70. The zero-order valence-electron chi connectivity index (χ0n) is 18.1. The second-order valence-electron chi connectivity index (χ2n) is 7.56. The molecule has 1 heterocycles. The van der Waals surface area contributed by atoms with Gasteiger partial charge in [0.25, 0.3) is 16.8 Å². The molecule has 35 heavy (non-hydrogen) atoms. The van der Waals surface area contributed by atoms with E-state index in [-0.39, 0.29) is 29.3 Å². The Morgan fingerprint density at radius 3 is 2.46 bits per heavy atom. The summed E-state index contributed by atoms with van der Waals surface area (Å²) in [6.07, 6.45) is 1.60. The van der Waals surface area contributed by atoms with Crippen molar-refractivity contribution in [2.75, 3.05) is 0 Å². The first-order valence-electron chi connectivity index (χ1n) is 10.3. The van der Waals surface area contributed by atoms with E-state index in [2.05, 4.69) is 0 Å². The number of aromatic carboxylic acids is 1. The maximum absolute atomic E-state index is 12.8. The molecule has 2 amide bonds. The molecule has 1 aliphatic rings. The zero-order chi connectivity index (χ0) is 24.9. The van der Waals surface area contributed by atoms with Gasteiger partial charge in [-0.2, -0.15) is 0 Å². The van der Waals surface area contributed by atoms with E-state index in [0.29, 0.717) is 22.4 Å². The first-order valence-corrected chi connectivity index (χ1v) is 11.2. The van der Waals surface area contributed by atoms with E-state index in [1.165, 1.54) is 24.3 Å². The van der Waals surface area contributed by atoms with Gasteiger partial charge in [-0.15, -0.1) is 0 Å². The Kier molecular flexibility index (Phi) is 6.93. The van der Waals surface area contributed by atoms with Crippen LogP contribution in [0, 0.1) is 10.1 Å². The molecule has 9 nitrogen and oxygen atoms in total. The van der Waals surface area contributed by atoms with Gasteiger partial charge in [0, 0.05) is 12.1 Å². The number of hydrogen-bond donors (Lipinski definition) is 1. The van der Waals surface area contributed by atoms with Gasteiger partial charge in [-0.25, -0.2) is 4.79 Å². The van der Waals surface area contributed by atoms with Crippen LogP contribution in [0.25, 0.3) is 6.08 Å². The molecule has 0 aromatic heterocycles. The van der Waals surface area contributed by atoms with Crippen LogP contribution in [-0.2, 0) is 17.9 Å². The van der Waals surface area contributed by atoms with E-state index in [0.717, 1.165) is 16.7 Å². The number of carboxylic acids is 1. The number of thioether (sulfide) groups is 1. The molecule has 1 N–H and O–H groups in total. The predicted molar refractivity (Wildman–Crippen MR) is 129 cm³/mol. The monoisotopic (exact) mass is 490 g/mol. The summed E-state index contributed by atoms with van der Waals surface area (Å²) in [7, 11) is 0. The minimum absolute atomic E-state index is 0.0560. The first kappa shape index (κ1) is 23.7. The number of amides is 2. The smallest absolute Gasteiger partial charge is 0.335 e. The highest BCUT2D eigenvalue weighted by molar-refractivity contribution is 8.18. The van der Waals surface area contributed by atoms with Crippen molar-refractivity contribution in [1.29, 1.82) is 0 Å². The lowest BCUT2D eigenvalue weighted by Crippen LogP contribution is -2.27. The van der Waals surface area contributed by atoms with E-state index in [4.69, 9.17) is 9.84 Å². The normalized spacial score (nSPS) is 14.4. The van der Waals surface area contributed by atoms with Crippen LogP contribution in [-0.4, -0.2) is 32.0 Å². The van der Waals surface area contributed by atoms with Crippen LogP contribution in [0.4, 0.5) is 10.5 Å². The van der Waals surface area contributed by atoms with E-state index in [1.807, 2.05) is 0 Å². The minimum atomic E-state index is -1.01. The third kappa shape index (κ3) is 5.74. The van der Waals surface area contributed by atoms with Crippen LogP contribution in [0.3, 0.4) is 0 Å². The minimum Gasteiger partial charge on any atom is -0.489 e. The average molecular weight is 490 g/mol. The Hall–Kier alpha value is -4.44. The number of rotatable bonds is 8. The van der Waals surface area contributed by atoms with Crippen molar-refractivity contribution < 1.29 is 29.2 Å². The van der Waals surface area contributed by atoms with E-state index in [1.54, 1.807) is 54.6 Å². The highest BCUT2D eigenvalue weighted by Crippen LogP contribution is 2.33. The number of nitrogens with zero attached hydrogens (tertiary/aromatic N) is 2. The molecule has 0 radical (unpaired) electrons. The lowest BCUT2D eigenvalue weighted by atomic mass is 10.1. The van der Waals surface area contributed by atoms with Crippen molar-refractivity contribution in [3.63, 3.8) is 0 Å². The Bertz CT molecular complexity index is 1350. The maximum Gasteiger partial charge on any atom is 0.335 e. The molecule has 4 rings (SSSR count). The number of hydrogen-bond acceptors (Lipinski definition) is 7. The summed E-state index contributed by atoms with van der Waals surface area (Å²) >= 11 is 0.807. The standard InChI is InChI=1S/C25H18N2O7S/c28-23-22(35-25(31)26(23)14-17-3-2-6-20(12-17)27(32)33)13-16-7-9-21(10-8-16)34-15-18-4-1-5-19(11-18)24(29)30/h1-13H,14-15H2,(H,29,30)/b22-13+. The molecule has 0 aliphatic carbocycles. The van der Waals surface area contributed by atoms with Gasteiger partial charge in [0.05, 0.1) is 21.9 Å². The van der Waals surface area contributed by atoms with Crippen LogP contribution in [0.5, 0.6) is 5.75 Å². The molecule has 3 aromatic rings. The van der Waals surface area contributed by atoms with Crippen molar-refractivity contribution in [3.05, 3.63) is 110 Å². The fraction of sp³-hybridized carbons (Fsp3) is 0.0800. The second kappa shape index (κ2) is 10.2. The number of carbonyl (C=O) groups is 3. The topological polar surface area (TPSA) is 127 Å². The molecule has 176 valence electrons. The molecule has 0 bridgehead atoms. The van der Waals surface area contributed by atoms with Gasteiger partial charge in [0.15, 0.2) is 0 Å². The van der Waals surface area contributed by atoms with Crippen LogP contribution in [0.1, 0.15) is 27.0 Å². The number of nitro groups is 1. The van der Waals surface area contributed by atoms with Crippen molar-refractivity contribution in [3.8, 4) is 5.75 Å². The zero-order valence-corrected chi connectivity index (χ0v) is 18.9.